The number of fused-ring (bicyclic) bond motifs is 1. The number of thiophene rings is 1. The third-order valence-electron chi connectivity index (χ3n) is 3.57. The van der Waals surface area contributed by atoms with Crippen LogP contribution in [0.1, 0.15) is 29.3 Å². The molecule has 20 heavy (non-hydrogen) atoms. The zero-order valence-electron chi connectivity index (χ0n) is 11.1. The van der Waals surface area contributed by atoms with Gasteiger partial charge in [-0.25, -0.2) is 0 Å². The number of hydrogen-bond acceptors (Lipinski definition) is 3. The van der Waals surface area contributed by atoms with Gasteiger partial charge >= 0.3 is 0 Å². The van der Waals surface area contributed by atoms with Crippen LogP contribution in [0.4, 0.5) is 5.69 Å². The summed E-state index contributed by atoms with van der Waals surface area (Å²) in [6, 6.07) is 8.35. The Bertz CT molecular complexity index is 628. The van der Waals surface area contributed by atoms with E-state index in [1.807, 2.05) is 29.5 Å². The van der Waals surface area contributed by atoms with E-state index < -0.39 is 0 Å². The maximum Gasteiger partial charge on any atom is 0.142 e. The van der Waals surface area contributed by atoms with Gasteiger partial charge in [0.1, 0.15) is 5.75 Å². The van der Waals surface area contributed by atoms with Crippen molar-refractivity contribution < 1.29 is 4.74 Å². The van der Waals surface area contributed by atoms with Crippen molar-refractivity contribution in [2.24, 2.45) is 0 Å². The molecular formula is C15H15ClINOS. The SMILES string of the molecule is COc1ccc(Cl)cc1NC1CCCc2sc(I)cc21. The average molecular weight is 420 g/mol. The normalized spacial score (nSPS) is 17.6. The Morgan fingerprint density at radius 3 is 3.05 bits per heavy atom. The van der Waals surface area contributed by atoms with Crippen LogP contribution in [0.25, 0.3) is 0 Å². The second-order valence-electron chi connectivity index (χ2n) is 4.86. The summed E-state index contributed by atoms with van der Waals surface area (Å²) < 4.78 is 6.78. The maximum absolute atomic E-state index is 6.10. The number of nitrogens with one attached hydrogen (secondary N) is 1. The van der Waals surface area contributed by atoms with Crippen molar-refractivity contribution in [2.45, 2.75) is 25.3 Å². The molecular weight excluding hydrogens is 405 g/mol. The fourth-order valence-electron chi connectivity index (χ4n) is 2.65. The van der Waals surface area contributed by atoms with Gasteiger partial charge in [0.05, 0.1) is 21.7 Å². The first-order valence-corrected chi connectivity index (χ1v) is 8.83. The zero-order valence-corrected chi connectivity index (χ0v) is 14.8. The van der Waals surface area contributed by atoms with E-state index in [0.717, 1.165) is 22.9 Å². The number of methoxy groups -OCH3 is 1. The molecule has 1 unspecified atom stereocenters. The summed E-state index contributed by atoms with van der Waals surface area (Å²) in [5.41, 5.74) is 2.41. The van der Waals surface area contributed by atoms with E-state index in [-0.39, 0.29) is 0 Å². The Morgan fingerprint density at radius 1 is 1.40 bits per heavy atom. The highest BCUT2D eigenvalue weighted by Crippen LogP contribution is 2.40. The summed E-state index contributed by atoms with van der Waals surface area (Å²) in [6.07, 6.45) is 3.58. The standard InChI is InChI=1S/C15H15ClINOS/c1-19-13-6-5-9(16)7-12(13)18-11-3-2-4-14-10(11)8-15(17)20-14/h5-8,11,18H,2-4H2,1H3. The van der Waals surface area contributed by atoms with Gasteiger partial charge in [-0.1, -0.05) is 11.6 Å². The van der Waals surface area contributed by atoms with Crippen LogP contribution < -0.4 is 10.1 Å². The minimum atomic E-state index is 0.353. The molecule has 1 N–H and O–H groups in total. The van der Waals surface area contributed by atoms with Gasteiger partial charge in [0.2, 0.25) is 0 Å². The molecule has 1 aliphatic carbocycles. The van der Waals surface area contributed by atoms with Gasteiger partial charge in [-0.05, 0) is 71.7 Å². The van der Waals surface area contributed by atoms with Crippen molar-refractivity contribution in [3.05, 3.63) is 42.6 Å². The fourth-order valence-corrected chi connectivity index (χ4v) is 4.94. The first-order valence-electron chi connectivity index (χ1n) is 6.55. The molecule has 0 saturated heterocycles. The van der Waals surface area contributed by atoms with E-state index in [4.69, 9.17) is 16.3 Å². The minimum Gasteiger partial charge on any atom is -0.495 e. The molecule has 2 aromatic rings. The quantitative estimate of drug-likeness (QED) is 0.663. The van der Waals surface area contributed by atoms with Crippen molar-refractivity contribution in [3.63, 3.8) is 0 Å². The molecule has 1 aromatic carbocycles. The summed E-state index contributed by atoms with van der Waals surface area (Å²) in [7, 11) is 1.69. The molecule has 106 valence electrons. The van der Waals surface area contributed by atoms with Crippen LogP contribution in [-0.2, 0) is 6.42 Å². The molecule has 1 aliphatic rings. The highest BCUT2D eigenvalue weighted by Gasteiger charge is 2.23. The van der Waals surface area contributed by atoms with Gasteiger partial charge in [0.25, 0.3) is 0 Å². The van der Waals surface area contributed by atoms with E-state index in [9.17, 15) is 0 Å². The van der Waals surface area contributed by atoms with Crippen LogP contribution in [0, 0.1) is 2.88 Å². The first-order chi connectivity index (χ1) is 9.67. The van der Waals surface area contributed by atoms with Crippen molar-refractivity contribution in [3.8, 4) is 5.75 Å². The lowest BCUT2D eigenvalue weighted by atomic mass is 9.94. The third-order valence-corrected chi connectivity index (χ3v) is 5.78. The van der Waals surface area contributed by atoms with Crippen LogP contribution in [0.3, 0.4) is 0 Å². The highest BCUT2D eigenvalue weighted by molar-refractivity contribution is 14.1. The number of hydrogen-bond donors (Lipinski definition) is 1. The molecule has 1 heterocycles. The first kappa shape index (κ1) is 14.5. The number of aryl methyl sites for hydroxylation is 1. The lowest BCUT2D eigenvalue weighted by molar-refractivity contribution is 0.415. The smallest absolute Gasteiger partial charge is 0.142 e. The van der Waals surface area contributed by atoms with Gasteiger partial charge in [-0.15, -0.1) is 11.3 Å². The molecule has 1 atom stereocenters. The summed E-state index contributed by atoms with van der Waals surface area (Å²) in [4.78, 5) is 1.51. The third kappa shape index (κ3) is 2.92. The Hall–Kier alpha value is -0.460. The maximum atomic E-state index is 6.10. The molecule has 3 rings (SSSR count). The highest BCUT2D eigenvalue weighted by atomic mass is 127. The number of halogens is 2. The second-order valence-corrected chi connectivity index (χ2v) is 8.33. The fraction of sp³-hybridized carbons (Fsp3) is 0.333. The van der Waals surface area contributed by atoms with Crippen molar-refractivity contribution in [2.75, 3.05) is 12.4 Å². The molecule has 0 aliphatic heterocycles. The lowest BCUT2D eigenvalue weighted by Crippen LogP contribution is -2.16. The van der Waals surface area contributed by atoms with E-state index >= 15 is 0 Å². The largest absolute Gasteiger partial charge is 0.495 e. The van der Waals surface area contributed by atoms with Gasteiger partial charge < -0.3 is 10.1 Å². The van der Waals surface area contributed by atoms with E-state index in [0.29, 0.717) is 6.04 Å². The Balaban J connectivity index is 1.90. The predicted octanol–water partition coefficient (Wildman–Crippen LogP) is 5.50. The molecule has 0 radical (unpaired) electrons. The van der Waals surface area contributed by atoms with Crippen LogP contribution in [0.5, 0.6) is 5.75 Å². The van der Waals surface area contributed by atoms with Crippen molar-refractivity contribution in [1.29, 1.82) is 0 Å². The number of ether oxygens (including phenoxy) is 1. The van der Waals surface area contributed by atoms with Gasteiger partial charge in [-0.3, -0.25) is 0 Å². The van der Waals surface area contributed by atoms with Crippen molar-refractivity contribution >= 4 is 51.2 Å². The van der Waals surface area contributed by atoms with Crippen LogP contribution >= 0.6 is 45.5 Å². The minimum absolute atomic E-state index is 0.353. The van der Waals surface area contributed by atoms with Crippen molar-refractivity contribution in [1.82, 2.24) is 0 Å². The lowest BCUT2D eigenvalue weighted by Gasteiger charge is -2.25. The van der Waals surface area contributed by atoms with Crippen LogP contribution in [0.15, 0.2) is 24.3 Å². The van der Waals surface area contributed by atoms with E-state index in [2.05, 4.69) is 34.0 Å². The summed E-state index contributed by atoms with van der Waals surface area (Å²) in [5, 5.41) is 4.33. The zero-order chi connectivity index (χ0) is 14.1. The van der Waals surface area contributed by atoms with Gasteiger partial charge in [0, 0.05) is 9.90 Å². The molecule has 0 amide bonds. The molecule has 0 spiro atoms. The summed E-state index contributed by atoms with van der Waals surface area (Å²) in [6.45, 7) is 0. The van der Waals surface area contributed by atoms with E-state index in [1.165, 1.54) is 26.2 Å². The van der Waals surface area contributed by atoms with Gasteiger partial charge in [-0.2, -0.15) is 0 Å². The topological polar surface area (TPSA) is 21.3 Å². The summed E-state index contributed by atoms with van der Waals surface area (Å²) >= 11 is 10.4. The van der Waals surface area contributed by atoms with Gasteiger partial charge in [0.15, 0.2) is 0 Å². The molecule has 2 nitrogen and oxygen atoms in total. The average Bonchev–Trinajstić information content (AvgIpc) is 2.80. The van der Waals surface area contributed by atoms with E-state index in [1.54, 1.807) is 7.11 Å². The molecule has 0 fully saturated rings. The summed E-state index contributed by atoms with van der Waals surface area (Å²) in [5.74, 6) is 0.839. The van der Waals surface area contributed by atoms with Crippen LogP contribution in [-0.4, -0.2) is 7.11 Å². The number of anilines is 1. The predicted molar refractivity (Wildman–Crippen MR) is 94.3 cm³/mol. The number of rotatable bonds is 3. The Morgan fingerprint density at radius 2 is 2.25 bits per heavy atom. The molecule has 1 aromatic heterocycles. The molecule has 5 heteroatoms. The molecule has 0 saturated carbocycles. The van der Waals surface area contributed by atoms with Crippen LogP contribution in [0.2, 0.25) is 5.02 Å². The Labute approximate surface area is 141 Å². The monoisotopic (exact) mass is 419 g/mol. The Kier molecular flexibility index (Phi) is 4.43. The molecule has 0 bridgehead atoms. The second kappa shape index (κ2) is 6.12. The number of benzene rings is 1.